The third-order valence-corrected chi connectivity index (χ3v) is 6.64. The molecular weight excluding hydrogens is 484 g/mol. The van der Waals surface area contributed by atoms with Crippen LogP contribution in [-0.4, -0.2) is 39.8 Å². The second-order valence-corrected chi connectivity index (χ2v) is 9.23. The minimum absolute atomic E-state index is 0.0855. The van der Waals surface area contributed by atoms with E-state index in [2.05, 4.69) is 9.98 Å². The van der Waals surface area contributed by atoms with Crippen molar-refractivity contribution in [3.8, 4) is 0 Å². The molecule has 4 aromatic rings. The zero-order valence-corrected chi connectivity index (χ0v) is 20.9. The molecule has 1 aliphatic rings. The van der Waals surface area contributed by atoms with Crippen LogP contribution < -0.4 is 0 Å². The second-order valence-electron chi connectivity index (χ2n) is 8.33. The van der Waals surface area contributed by atoms with Crippen LogP contribution in [0.25, 0.3) is 6.08 Å². The number of ether oxygens (including phenoxy) is 1. The minimum atomic E-state index is -0.623. The van der Waals surface area contributed by atoms with E-state index in [4.69, 9.17) is 4.74 Å². The Hall–Kier alpha value is -4.56. The molecule has 1 unspecified atom stereocenters. The Labute approximate surface area is 219 Å². The molecule has 7 nitrogen and oxygen atoms in total. The normalized spacial score (nSPS) is 17.4. The van der Waals surface area contributed by atoms with E-state index in [-0.39, 0.29) is 23.6 Å². The first-order valence-corrected chi connectivity index (χ1v) is 12.6. The summed E-state index contributed by atoms with van der Waals surface area (Å²) in [5, 5.41) is 1.96. The number of aliphatic imine (C=N–C) groups is 1. The largest absolute Gasteiger partial charge is 0.444 e. The molecule has 0 radical (unpaired) electrons. The molecule has 1 saturated heterocycles. The van der Waals surface area contributed by atoms with Gasteiger partial charge in [-0.2, -0.15) is 4.99 Å². The standard InChI is InChI=1S/C29H24N4O3S/c1-32-25(23-15-9-4-10-16-23)24(19-21-11-5-2-6-12-21)33(28(32)31-26(34)27-30-17-18-37-27)29(35)36-20-22-13-7-3-8-14-22/h2-19,25H,20H2,1H3/b24-19-,31-28?. The summed E-state index contributed by atoms with van der Waals surface area (Å²) in [7, 11) is 1.81. The van der Waals surface area contributed by atoms with Gasteiger partial charge in [-0.3, -0.25) is 4.79 Å². The lowest BCUT2D eigenvalue weighted by Gasteiger charge is -2.20. The van der Waals surface area contributed by atoms with Crippen molar-refractivity contribution in [1.82, 2.24) is 14.8 Å². The van der Waals surface area contributed by atoms with Gasteiger partial charge in [0.1, 0.15) is 6.61 Å². The van der Waals surface area contributed by atoms with Crippen LogP contribution in [0.5, 0.6) is 0 Å². The van der Waals surface area contributed by atoms with Gasteiger partial charge in [0, 0.05) is 18.6 Å². The number of nitrogens with zero attached hydrogens (tertiary/aromatic N) is 4. The van der Waals surface area contributed by atoms with Gasteiger partial charge in [0.15, 0.2) is 5.01 Å². The molecule has 3 aromatic carbocycles. The van der Waals surface area contributed by atoms with Crippen LogP contribution in [0.3, 0.4) is 0 Å². The third-order valence-electron chi connectivity index (χ3n) is 5.88. The van der Waals surface area contributed by atoms with Gasteiger partial charge in [-0.1, -0.05) is 91.0 Å². The summed E-state index contributed by atoms with van der Waals surface area (Å²) in [6.07, 6.45) is 2.85. The highest BCUT2D eigenvalue weighted by Crippen LogP contribution is 2.39. The van der Waals surface area contributed by atoms with Gasteiger partial charge in [-0.15, -0.1) is 11.3 Å². The Morgan fingerprint density at radius 1 is 0.973 bits per heavy atom. The SMILES string of the molecule is CN1C(=NC(=O)c2nccs2)N(C(=O)OCc2ccccc2)/C(=C\c2ccccc2)C1c1ccccc1. The van der Waals surface area contributed by atoms with Crippen LogP contribution in [0, 0.1) is 0 Å². The summed E-state index contributed by atoms with van der Waals surface area (Å²) in [4.78, 5) is 38.3. The van der Waals surface area contributed by atoms with Crippen LogP contribution in [0.2, 0.25) is 0 Å². The van der Waals surface area contributed by atoms with E-state index >= 15 is 0 Å². The van der Waals surface area contributed by atoms with Gasteiger partial charge < -0.3 is 9.64 Å². The number of guanidine groups is 1. The van der Waals surface area contributed by atoms with Crippen LogP contribution in [0.15, 0.2) is 113 Å². The molecule has 5 rings (SSSR count). The second kappa shape index (κ2) is 11.0. The Morgan fingerprint density at radius 3 is 2.27 bits per heavy atom. The van der Waals surface area contributed by atoms with E-state index in [0.29, 0.717) is 5.70 Å². The minimum Gasteiger partial charge on any atom is -0.444 e. The molecule has 37 heavy (non-hydrogen) atoms. The lowest BCUT2D eigenvalue weighted by Crippen LogP contribution is -2.37. The number of carbonyl (C=O) groups excluding carboxylic acids is 2. The van der Waals surface area contributed by atoms with Crippen LogP contribution in [0.1, 0.15) is 32.5 Å². The van der Waals surface area contributed by atoms with Crippen molar-refractivity contribution in [2.24, 2.45) is 4.99 Å². The van der Waals surface area contributed by atoms with Crippen molar-refractivity contribution in [1.29, 1.82) is 0 Å². The van der Waals surface area contributed by atoms with Crippen LogP contribution in [-0.2, 0) is 11.3 Å². The number of rotatable bonds is 5. The Kier molecular flexibility index (Phi) is 7.19. The summed E-state index contributed by atoms with van der Waals surface area (Å²) in [5.74, 6) is -0.347. The van der Waals surface area contributed by atoms with Crippen molar-refractivity contribution >= 4 is 35.4 Å². The molecule has 2 amide bonds. The highest BCUT2D eigenvalue weighted by atomic mass is 32.1. The first-order valence-electron chi connectivity index (χ1n) is 11.7. The molecule has 1 atom stereocenters. The van der Waals surface area contributed by atoms with E-state index < -0.39 is 12.0 Å². The molecule has 1 aliphatic heterocycles. The maximum absolute atomic E-state index is 13.7. The number of hydrogen-bond acceptors (Lipinski definition) is 5. The molecule has 8 heteroatoms. The number of thiazole rings is 1. The molecule has 0 spiro atoms. The number of hydrogen-bond donors (Lipinski definition) is 0. The zero-order valence-electron chi connectivity index (χ0n) is 20.1. The molecule has 1 aromatic heterocycles. The fourth-order valence-corrected chi connectivity index (χ4v) is 4.69. The first kappa shape index (κ1) is 24.1. The fourth-order valence-electron chi connectivity index (χ4n) is 4.17. The number of likely N-dealkylation sites (N-methyl/N-ethyl adjacent to an activating group) is 1. The summed E-state index contributed by atoms with van der Waals surface area (Å²) in [6, 6.07) is 28.6. The van der Waals surface area contributed by atoms with E-state index in [1.807, 2.05) is 109 Å². The summed E-state index contributed by atoms with van der Waals surface area (Å²) >= 11 is 1.20. The quantitative estimate of drug-likeness (QED) is 0.330. The topological polar surface area (TPSA) is 75.1 Å². The predicted molar refractivity (Wildman–Crippen MR) is 144 cm³/mol. The number of aromatic nitrogens is 1. The van der Waals surface area contributed by atoms with Crippen molar-refractivity contribution < 1.29 is 14.3 Å². The van der Waals surface area contributed by atoms with Crippen molar-refractivity contribution in [2.75, 3.05) is 7.05 Å². The molecule has 0 saturated carbocycles. The Balaban J connectivity index is 1.60. The highest BCUT2D eigenvalue weighted by Gasteiger charge is 2.44. The number of benzene rings is 3. The monoisotopic (exact) mass is 508 g/mol. The van der Waals surface area contributed by atoms with Crippen molar-refractivity contribution in [3.05, 3.63) is 130 Å². The van der Waals surface area contributed by atoms with Gasteiger partial charge in [0.2, 0.25) is 5.96 Å². The first-order chi connectivity index (χ1) is 18.1. The molecule has 184 valence electrons. The van der Waals surface area contributed by atoms with Gasteiger partial charge >= 0.3 is 12.0 Å². The summed E-state index contributed by atoms with van der Waals surface area (Å²) in [5.41, 5.74) is 3.33. The molecule has 0 bridgehead atoms. The Bertz CT molecular complexity index is 1420. The smallest absolute Gasteiger partial charge is 0.421 e. The Morgan fingerprint density at radius 2 is 1.62 bits per heavy atom. The van der Waals surface area contributed by atoms with Gasteiger partial charge in [0.25, 0.3) is 0 Å². The summed E-state index contributed by atoms with van der Waals surface area (Å²) in [6.45, 7) is 0.0855. The molecule has 0 aliphatic carbocycles. The molecule has 1 fully saturated rings. The zero-order chi connectivity index (χ0) is 25.6. The van der Waals surface area contributed by atoms with E-state index in [1.165, 1.54) is 16.2 Å². The number of carbonyl (C=O) groups is 2. The average Bonchev–Trinajstić information content (AvgIpc) is 3.56. The fraction of sp³-hybridized carbons (Fsp3) is 0.103. The molecule has 2 heterocycles. The van der Waals surface area contributed by atoms with Crippen molar-refractivity contribution in [3.63, 3.8) is 0 Å². The van der Waals surface area contributed by atoms with Gasteiger partial charge in [-0.05, 0) is 22.8 Å². The number of amides is 2. The third kappa shape index (κ3) is 5.34. The van der Waals surface area contributed by atoms with Crippen LogP contribution in [0.4, 0.5) is 4.79 Å². The maximum atomic E-state index is 13.7. The van der Waals surface area contributed by atoms with E-state index in [0.717, 1.165) is 16.7 Å². The molecule has 0 N–H and O–H groups in total. The van der Waals surface area contributed by atoms with E-state index in [9.17, 15) is 9.59 Å². The summed E-state index contributed by atoms with van der Waals surface area (Å²) < 4.78 is 5.73. The van der Waals surface area contributed by atoms with Gasteiger partial charge in [-0.25, -0.2) is 14.7 Å². The maximum Gasteiger partial charge on any atom is 0.421 e. The highest BCUT2D eigenvalue weighted by molar-refractivity contribution is 7.11. The lowest BCUT2D eigenvalue weighted by molar-refractivity contribution is 0.0999. The van der Waals surface area contributed by atoms with E-state index in [1.54, 1.807) is 11.6 Å². The van der Waals surface area contributed by atoms with Gasteiger partial charge in [0.05, 0.1) is 11.7 Å². The molecular formula is C29H24N4O3S. The lowest BCUT2D eigenvalue weighted by atomic mass is 10.0. The van der Waals surface area contributed by atoms with Crippen LogP contribution >= 0.6 is 11.3 Å². The van der Waals surface area contributed by atoms with Crippen molar-refractivity contribution in [2.45, 2.75) is 12.6 Å². The average molecular weight is 509 g/mol. The predicted octanol–water partition coefficient (Wildman–Crippen LogP) is 6.01.